The zero-order valence-corrected chi connectivity index (χ0v) is 16.6. The predicted octanol–water partition coefficient (Wildman–Crippen LogP) is 4.76. The van der Waals surface area contributed by atoms with Crippen LogP contribution in [0.25, 0.3) is 11.1 Å². The minimum atomic E-state index is -4.40. The zero-order valence-electron chi connectivity index (χ0n) is 16.6. The minimum Gasteiger partial charge on any atom is -0.368 e. The molecule has 8 heteroatoms. The largest absolute Gasteiger partial charge is 0.416 e. The SMILES string of the molecule is Nc1ncc(-c2ccc(C(F)(F)F)cc2)c(C2CCCN(C(=O)c3ccccc3)C2)n1. The number of piperidine rings is 1. The monoisotopic (exact) mass is 426 g/mol. The number of benzene rings is 2. The first-order chi connectivity index (χ1) is 14.8. The lowest BCUT2D eigenvalue weighted by Gasteiger charge is -2.33. The fourth-order valence-corrected chi connectivity index (χ4v) is 3.93. The molecule has 1 unspecified atom stereocenters. The number of halogens is 3. The van der Waals surface area contributed by atoms with E-state index in [2.05, 4.69) is 9.97 Å². The van der Waals surface area contributed by atoms with Crippen molar-refractivity contribution in [2.75, 3.05) is 18.8 Å². The second kappa shape index (κ2) is 8.37. The van der Waals surface area contributed by atoms with E-state index in [1.165, 1.54) is 18.3 Å². The highest BCUT2D eigenvalue weighted by Crippen LogP contribution is 2.35. The number of alkyl halides is 3. The highest BCUT2D eigenvalue weighted by Gasteiger charge is 2.31. The van der Waals surface area contributed by atoms with Crippen LogP contribution in [0.5, 0.6) is 0 Å². The fourth-order valence-electron chi connectivity index (χ4n) is 3.93. The van der Waals surface area contributed by atoms with Gasteiger partial charge in [-0.3, -0.25) is 4.79 Å². The molecule has 1 aromatic heterocycles. The Hall–Kier alpha value is -3.42. The van der Waals surface area contributed by atoms with Crippen molar-refractivity contribution < 1.29 is 18.0 Å². The first-order valence-corrected chi connectivity index (χ1v) is 9.97. The molecule has 0 bridgehead atoms. The van der Waals surface area contributed by atoms with Crippen LogP contribution in [-0.4, -0.2) is 33.9 Å². The Morgan fingerprint density at radius 2 is 1.77 bits per heavy atom. The van der Waals surface area contributed by atoms with Crippen LogP contribution in [0, 0.1) is 0 Å². The number of nitrogens with two attached hydrogens (primary N) is 1. The number of hydrogen-bond acceptors (Lipinski definition) is 4. The number of anilines is 1. The molecular weight excluding hydrogens is 405 g/mol. The van der Waals surface area contributed by atoms with Crippen molar-refractivity contribution in [1.29, 1.82) is 0 Å². The van der Waals surface area contributed by atoms with Gasteiger partial charge in [-0.05, 0) is 42.7 Å². The average molecular weight is 426 g/mol. The molecule has 2 heterocycles. The number of nitrogens with zero attached hydrogens (tertiary/aromatic N) is 3. The summed E-state index contributed by atoms with van der Waals surface area (Å²) in [5.74, 6) is -0.0513. The molecule has 0 radical (unpaired) electrons. The molecule has 5 nitrogen and oxygen atoms in total. The number of rotatable bonds is 3. The third kappa shape index (κ3) is 4.52. The Bertz CT molecular complexity index is 1070. The number of hydrogen-bond donors (Lipinski definition) is 1. The number of nitrogen functional groups attached to an aromatic ring is 1. The van der Waals surface area contributed by atoms with E-state index in [1.54, 1.807) is 17.0 Å². The molecule has 1 amide bonds. The van der Waals surface area contributed by atoms with E-state index in [0.717, 1.165) is 25.0 Å². The van der Waals surface area contributed by atoms with Gasteiger partial charge in [0.15, 0.2) is 0 Å². The van der Waals surface area contributed by atoms with Gasteiger partial charge in [0.2, 0.25) is 5.95 Å². The molecule has 31 heavy (non-hydrogen) atoms. The summed E-state index contributed by atoms with van der Waals surface area (Å²) < 4.78 is 38.8. The maximum absolute atomic E-state index is 12.9. The summed E-state index contributed by atoms with van der Waals surface area (Å²) in [6, 6.07) is 14.0. The minimum absolute atomic E-state index is 0.0524. The van der Waals surface area contributed by atoms with Crippen LogP contribution in [0.1, 0.15) is 40.4 Å². The van der Waals surface area contributed by atoms with E-state index in [9.17, 15) is 18.0 Å². The molecule has 2 aromatic carbocycles. The van der Waals surface area contributed by atoms with E-state index in [1.807, 2.05) is 18.2 Å². The number of amides is 1. The third-order valence-electron chi connectivity index (χ3n) is 5.48. The maximum Gasteiger partial charge on any atom is 0.416 e. The second-order valence-electron chi connectivity index (χ2n) is 7.56. The number of aromatic nitrogens is 2. The lowest BCUT2D eigenvalue weighted by Crippen LogP contribution is -2.39. The van der Waals surface area contributed by atoms with Crippen LogP contribution in [0.4, 0.5) is 19.1 Å². The average Bonchev–Trinajstić information content (AvgIpc) is 2.79. The van der Waals surface area contributed by atoms with Crippen LogP contribution in [-0.2, 0) is 6.18 Å². The summed E-state index contributed by atoms with van der Waals surface area (Å²) in [5, 5.41) is 0. The lowest BCUT2D eigenvalue weighted by atomic mass is 9.89. The normalized spacial score (nSPS) is 16.9. The van der Waals surface area contributed by atoms with Gasteiger partial charge in [0.05, 0.1) is 11.3 Å². The Balaban J connectivity index is 1.63. The van der Waals surface area contributed by atoms with E-state index < -0.39 is 11.7 Å². The van der Waals surface area contributed by atoms with Crippen LogP contribution < -0.4 is 5.73 Å². The van der Waals surface area contributed by atoms with Gasteiger partial charge in [0, 0.05) is 36.3 Å². The fraction of sp³-hybridized carbons (Fsp3) is 0.261. The summed E-state index contributed by atoms with van der Waals surface area (Å²) in [7, 11) is 0. The molecular formula is C23H21F3N4O. The Labute approximate surface area is 177 Å². The van der Waals surface area contributed by atoms with Crippen molar-refractivity contribution >= 4 is 11.9 Å². The number of carbonyl (C=O) groups excluding carboxylic acids is 1. The van der Waals surface area contributed by atoms with Crippen molar-refractivity contribution in [3.05, 3.63) is 77.6 Å². The highest BCUT2D eigenvalue weighted by atomic mass is 19.4. The van der Waals surface area contributed by atoms with E-state index >= 15 is 0 Å². The quantitative estimate of drug-likeness (QED) is 0.655. The van der Waals surface area contributed by atoms with Gasteiger partial charge in [-0.1, -0.05) is 30.3 Å². The molecule has 4 rings (SSSR count). The highest BCUT2D eigenvalue weighted by molar-refractivity contribution is 5.94. The van der Waals surface area contributed by atoms with E-state index in [-0.39, 0.29) is 17.8 Å². The third-order valence-corrected chi connectivity index (χ3v) is 5.48. The summed E-state index contributed by atoms with van der Waals surface area (Å²) in [6.45, 7) is 1.10. The molecule has 160 valence electrons. The van der Waals surface area contributed by atoms with Crippen molar-refractivity contribution in [3.63, 3.8) is 0 Å². The summed E-state index contributed by atoms with van der Waals surface area (Å²) in [4.78, 5) is 23.1. The molecule has 0 spiro atoms. The predicted molar refractivity (Wildman–Crippen MR) is 111 cm³/mol. The Kier molecular flexibility index (Phi) is 5.63. The first kappa shape index (κ1) is 20.8. The molecule has 1 fully saturated rings. The van der Waals surface area contributed by atoms with Gasteiger partial charge in [-0.15, -0.1) is 0 Å². The molecule has 0 saturated carbocycles. The van der Waals surface area contributed by atoms with Crippen molar-refractivity contribution in [2.24, 2.45) is 0 Å². The maximum atomic E-state index is 12.9. The summed E-state index contributed by atoms with van der Waals surface area (Å²) >= 11 is 0. The van der Waals surface area contributed by atoms with Crippen molar-refractivity contribution in [1.82, 2.24) is 14.9 Å². The molecule has 1 saturated heterocycles. The Morgan fingerprint density at radius 1 is 1.06 bits per heavy atom. The van der Waals surface area contributed by atoms with Gasteiger partial charge < -0.3 is 10.6 Å². The molecule has 1 aliphatic heterocycles. The van der Waals surface area contributed by atoms with E-state index in [4.69, 9.17) is 5.73 Å². The van der Waals surface area contributed by atoms with E-state index in [0.29, 0.717) is 35.5 Å². The second-order valence-corrected chi connectivity index (χ2v) is 7.56. The first-order valence-electron chi connectivity index (χ1n) is 9.97. The van der Waals surface area contributed by atoms with Crippen molar-refractivity contribution in [3.8, 4) is 11.1 Å². The zero-order chi connectivity index (χ0) is 22.0. The van der Waals surface area contributed by atoms with Crippen LogP contribution in [0.15, 0.2) is 60.8 Å². The summed E-state index contributed by atoms with van der Waals surface area (Å²) in [5.41, 5.74) is 7.59. The smallest absolute Gasteiger partial charge is 0.368 e. The standard InChI is InChI=1S/C23H21F3N4O/c24-23(25,26)18-10-8-15(9-11-18)19-13-28-22(27)29-20(19)17-7-4-12-30(14-17)21(31)16-5-2-1-3-6-16/h1-3,5-6,8-11,13,17H,4,7,12,14H2,(H2,27,28,29). The van der Waals surface area contributed by atoms with Gasteiger partial charge in [0.25, 0.3) is 5.91 Å². The lowest BCUT2D eigenvalue weighted by molar-refractivity contribution is -0.137. The molecule has 0 aliphatic carbocycles. The van der Waals surface area contributed by atoms with Crippen molar-refractivity contribution in [2.45, 2.75) is 24.9 Å². The summed E-state index contributed by atoms with van der Waals surface area (Å²) in [6.07, 6.45) is -1.28. The van der Waals surface area contributed by atoms with Crippen LogP contribution in [0.3, 0.4) is 0 Å². The number of carbonyl (C=O) groups is 1. The van der Waals surface area contributed by atoms with Gasteiger partial charge in [0.1, 0.15) is 0 Å². The van der Waals surface area contributed by atoms with Gasteiger partial charge >= 0.3 is 6.18 Å². The topological polar surface area (TPSA) is 72.1 Å². The molecule has 2 N–H and O–H groups in total. The number of likely N-dealkylation sites (tertiary alicyclic amines) is 1. The van der Waals surface area contributed by atoms with Crippen LogP contribution >= 0.6 is 0 Å². The molecule has 1 aliphatic rings. The molecule has 1 atom stereocenters. The molecule has 3 aromatic rings. The van der Waals surface area contributed by atoms with Gasteiger partial charge in [-0.2, -0.15) is 13.2 Å². The Morgan fingerprint density at radius 3 is 2.45 bits per heavy atom. The van der Waals surface area contributed by atoms with Crippen LogP contribution in [0.2, 0.25) is 0 Å². The van der Waals surface area contributed by atoms with Gasteiger partial charge in [-0.25, -0.2) is 9.97 Å².